The average Bonchev–Trinajstić information content (AvgIpc) is 3.47. The monoisotopic (exact) mass is 589 g/mol. The van der Waals surface area contributed by atoms with E-state index in [0.717, 1.165) is 0 Å². The normalized spacial score (nSPS) is 16.8. The minimum atomic E-state index is -0.715. The Morgan fingerprint density at radius 2 is 1.83 bits per heavy atom. The first-order valence-electron chi connectivity index (χ1n) is 12.7. The highest BCUT2D eigenvalue weighted by Crippen LogP contribution is 2.49. The first kappa shape index (κ1) is 28.2. The molecule has 5 rings (SSSR count). The summed E-state index contributed by atoms with van der Waals surface area (Å²) in [5.41, 5.74) is 9.26. The highest BCUT2D eigenvalue weighted by Gasteiger charge is 2.42. The second kappa shape index (κ2) is 12.0. The van der Waals surface area contributed by atoms with Crippen LogP contribution in [-0.2, 0) is 4.79 Å². The molecule has 1 aliphatic heterocycles. The van der Waals surface area contributed by atoms with Gasteiger partial charge in [0.25, 0.3) is 0 Å². The molecule has 41 heavy (non-hydrogen) atoms. The van der Waals surface area contributed by atoms with Crippen LogP contribution in [0.2, 0.25) is 0 Å². The van der Waals surface area contributed by atoms with Crippen LogP contribution in [0.25, 0.3) is 0 Å². The summed E-state index contributed by atoms with van der Waals surface area (Å²) >= 11 is 2.51. The van der Waals surface area contributed by atoms with E-state index in [4.69, 9.17) is 19.9 Å². The first-order chi connectivity index (χ1) is 19.9. The van der Waals surface area contributed by atoms with Crippen LogP contribution in [0.1, 0.15) is 41.1 Å². The molecule has 0 saturated heterocycles. The zero-order valence-corrected chi connectivity index (χ0v) is 24.3. The van der Waals surface area contributed by atoms with Crippen LogP contribution in [-0.4, -0.2) is 48.8 Å². The maximum absolute atomic E-state index is 13.5. The summed E-state index contributed by atoms with van der Waals surface area (Å²) in [6.07, 6.45) is 1.57. The quantitative estimate of drug-likeness (QED) is 0.271. The topological polar surface area (TPSA) is 141 Å². The first-order valence-corrected chi connectivity index (χ1v) is 14.5. The number of rotatable bonds is 9. The van der Waals surface area contributed by atoms with E-state index in [1.165, 1.54) is 30.2 Å². The van der Waals surface area contributed by atoms with Crippen LogP contribution in [0.15, 0.2) is 69.5 Å². The largest absolute Gasteiger partial charge is 0.497 e. The number of thioether (sulfide) groups is 1. The van der Waals surface area contributed by atoms with Gasteiger partial charge in [-0.15, -0.1) is 10.2 Å². The summed E-state index contributed by atoms with van der Waals surface area (Å²) in [4.78, 5) is 27.8. The van der Waals surface area contributed by atoms with E-state index in [0.29, 0.717) is 68.4 Å². The molecular formula is C29H27N5O5S2. The van der Waals surface area contributed by atoms with Gasteiger partial charge < -0.3 is 19.9 Å². The van der Waals surface area contributed by atoms with E-state index in [2.05, 4.69) is 16.3 Å². The van der Waals surface area contributed by atoms with Gasteiger partial charge in [-0.1, -0.05) is 23.1 Å². The van der Waals surface area contributed by atoms with Gasteiger partial charge in [-0.25, -0.2) is 0 Å². The summed E-state index contributed by atoms with van der Waals surface area (Å²) in [5, 5.41) is 19.3. The van der Waals surface area contributed by atoms with E-state index in [1.807, 2.05) is 0 Å². The van der Waals surface area contributed by atoms with Crippen LogP contribution in [0, 0.1) is 11.3 Å². The number of nitriles is 1. The predicted molar refractivity (Wildman–Crippen MR) is 155 cm³/mol. The standard InChI is InChI=1S/C29H27N5O5S2/c1-37-17-9-7-16(8-10-17)23(36)15-40-29-33-32-28(41-29)34-21-5-4-6-22(35)26(21)25(20(14-30)27(34)31)19-13-18(38-2)11-12-24(19)39-3/h7-13,25H,4-6,15,31H2,1-3H3. The summed E-state index contributed by atoms with van der Waals surface area (Å²) in [7, 11) is 4.66. The van der Waals surface area contributed by atoms with Gasteiger partial charge >= 0.3 is 0 Å². The van der Waals surface area contributed by atoms with Crippen molar-refractivity contribution >= 4 is 39.8 Å². The molecule has 1 aliphatic carbocycles. The number of nitrogens with two attached hydrogens (primary N) is 1. The summed E-state index contributed by atoms with van der Waals surface area (Å²) in [6.45, 7) is 0. The third kappa shape index (κ3) is 5.38. The molecule has 0 bridgehead atoms. The second-order valence-corrected chi connectivity index (χ2v) is 11.4. The van der Waals surface area contributed by atoms with E-state index < -0.39 is 5.92 Å². The van der Waals surface area contributed by atoms with Gasteiger partial charge in [-0.2, -0.15) is 5.26 Å². The molecule has 2 N–H and O–H groups in total. The maximum atomic E-state index is 13.5. The Balaban J connectivity index is 1.49. The molecule has 2 aromatic carbocycles. The predicted octanol–water partition coefficient (Wildman–Crippen LogP) is 4.84. The molecule has 3 aromatic rings. The number of Topliss-reactive ketones (excluding diaryl/α,β-unsaturated/α-hetero) is 2. The van der Waals surface area contributed by atoms with Crippen molar-refractivity contribution in [2.45, 2.75) is 29.5 Å². The number of ketones is 2. The highest BCUT2D eigenvalue weighted by molar-refractivity contribution is 8.01. The molecule has 2 aliphatic rings. The lowest BCUT2D eigenvalue weighted by molar-refractivity contribution is -0.116. The second-order valence-electron chi connectivity index (χ2n) is 9.22. The minimum absolute atomic E-state index is 0.0588. The molecule has 210 valence electrons. The number of aromatic nitrogens is 2. The van der Waals surface area contributed by atoms with Crippen molar-refractivity contribution in [3.8, 4) is 23.3 Å². The van der Waals surface area contributed by atoms with Gasteiger partial charge in [-0.05, 0) is 55.3 Å². The molecule has 0 amide bonds. The smallest absolute Gasteiger partial charge is 0.219 e. The van der Waals surface area contributed by atoms with Gasteiger partial charge in [0.15, 0.2) is 15.9 Å². The van der Waals surface area contributed by atoms with E-state index >= 15 is 0 Å². The van der Waals surface area contributed by atoms with Crippen LogP contribution in [0.5, 0.6) is 17.2 Å². The molecule has 0 fully saturated rings. The van der Waals surface area contributed by atoms with Gasteiger partial charge in [0.2, 0.25) is 5.13 Å². The van der Waals surface area contributed by atoms with E-state index in [-0.39, 0.29) is 28.7 Å². The van der Waals surface area contributed by atoms with Crippen molar-refractivity contribution in [3.63, 3.8) is 0 Å². The number of hydrogen-bond acceptors (Lipinski definition) is 12. The third-order valence-electron chi connectivity index (χ3n) is 6.99. The summed E-state index contributed by atoms with van der Waals surface area (Å²) < 4.78 is 16.8. The number of nitrogens with zero attached hydrogens (tertiary/aromatic N) is 4. The Kier molecular flexibility index (Phi) is 8.28. The summed E-state index contributed by atoms with van der Waals surface area (Å²) in [5.74, 6) is 1.28. The SMILES string of the molecule is COc1ccc(C(=O)CSc2nnc(N3C(N)=C(C#N)C(c4cc(OC)ccc4OC)C4=C3CCCC4=O)s2)cc1. The molecule has 0 spiro atoms. The molecule has 1 atom stereocenters. The average molecular weight is 590 g/mol. The molecule has 0 radical (unpaired) electrons. The van der Waals surface area contributed by atoms with Gasteiger partial charge in [0.05, 0.1) is 44.6 Å². The number of benzene rings is 2. The van der Waals surface area contributed by atoms with Gasteiger partial charge in [-0.3, -0.25) is 14.5 Å². The Hall–Kier alpha value is -4.34. The maximum Gasteiger partial charge on any atom is 0.219 e. The van der Waals surface area contributed by atoms with E-state index in [1.54, 1.807) is 61.6 Å². The molecule has 10 nitrogen and oxygen atoms in total. The summed E-state index contributed by atoms with van der Waals surface area (Å²) in [6, 6.07) is 14.4. The highest BCUT2D eigenvalue weighted by atomic mass is 32.2. The molecule has 1 unspecified atom stereocenters. The van der Waals surface area contributed by atoms with Crippen molar-refractivity contribution in [1.29, 1.82) is 5.26 Å². The van der Waals surface area contributed by atoms with Gasteiger partial charge in [0, 0.05) is 28.8 Å². The van der Waals surface area contributed by atoms with Crippen molar-refractivity contribution in [2.75, 3.05) is 32.0 Å². The molecular weight excluding hydrogens is 562 g/mol. The Labute approximate surface area is 245 Å². The number of carbonyl (C=O) groups is 2. The number of ether oxygens (including phenoxy) is 3. The van der Waals surface area contributed by atoms with Crippen LogP contribution < -0.4 is 24.8 Å². The van der Waals surface area contributed by atoms with Crippen LogP contribution >= 0.6 is 23.1 Å². The third-order valence-corrected chi connectivity index (χ3v) is 9.03. The van der Waals surface area contributed by atoms with Crippen LogP contribution in [0.4, 0.5) is 5.13 Å². The number of methoxy groups -OCH3 is 3. The Bertz CT molecular complexity index is 1610. The fourth-order valence-electron chi connectivity index (χ4n) is 5.02. The zero-order valence-electron chi connectivity index (χ0n) is 22.7. The van der Waals surface area contributed by atoms with Crippen molar-refractivity contribution in [3.05, 3.63) is 76.3 Å². The molecule has 1 aromatic heterocycles. The molecule has 12 heteroatoms. The van der Waals surface area contributed by atoms with Crippen molar-refractivity contribution in [2.24, 2.45) is 5.73 Å². The Morgan fingerprint density at radius 1 is 1.10 bits per heavy atom. The number of anilines is 1. The van der Waals surface area contributed by atoms with Crippen molar-refractivity contribution < 1.29 is 23.8 Å². The fraction of sp³-hybridized carbons (Fsp3) is 0.276. The van der Waals surface area contributed by atoms with Crippen molar-refractivity contribution in [1.82, 2.24) is 10.2 Å². The molecule has 2 heterocycles. The number of allylic oxidation sites excluding steroid dienone is 3. The number of carbonyl (C=O) groups excluding carboxylic acids is 2. The Morgan fingerprint density at radius 3 is 2.51 bits per heavy atom. The van der Waals surface area contributed by atoms with Crippen LogP contribution in [0.3, 0.4) is 0 Å². The fourth-order valence-corrected chi connectivity index (χ4v) is 6.79. The van der Waals surface area contributed by atoms with Gasteiger partial charge in [0.1, 0.15) is 23.1 Å². The zero-order chi connectivity index (χ0) is 29.1. The van der Waals surface area contributed by atoms with E-state index in [9.17, 15) is 14.9 Å². The minimum Gasteiger partial charge on any atom is -0.497 e. The number of hydrogen-bond donors (Lipinski definition) is 1. The lowest BCUT2D eigenvalue weighted by Crippen LogP contribution is -2.38. The lowest BCUT2D eigenvalue weighted by Gasteiger charge is -2.38. The lowest BCUT2D eigenvalue weighted by atomic mass is 9.75. The molecule has 0 saturated carbocycles.